The summed E-state index contributed by atoms with van der Waals surface area (Å²) in [6, 6.07) is 9.37. The van der Waals surface area contributed by atoms with Crippen molar-refractivity contribution in [1.29, 1.82) is 0 Å². The number of sulfonamides is 1. The molecule has 9 heteroatoms. The Morgan fingerprint density at radius 2 is 1.79 bits per heavy atom. The van der Waals surface area contributed by atoms with E-state index in [1.54, 1.807) is 45.9 Å². The van der Waals surface area contributed by atoms with E-state index in [4.69, 9.17) is 27.9 Å². The van der Waals surface area contributed by atoms with Crippen LogP contribution >= 0.6 is 23.2 Å². The lowest BCUT2D eigenvalue weighted by molar-refractivity contribution is -0.122. The quantitative estimate of drug-likeness (QED) is 0.619. The van der Waals surface area contributed by atoms with E-state index in [0.29, 0.717) is 34.6 Å². The van der Waals surface area contributed by atoms with Crippen molar-refractivity contribution in [3.63, 3.8) is 0 Å². The number of amides is 1. The minimum atomic E-state index is -3.63. The summed E-state index contributed by atoms with van der Waals surface area (Å²) in [7, 11) is -3.63. The van der Waals surface area contributed by atoms with Gasteiger partial charge in [0.25, 0.3) is 5.91 Å². The Hall–Kier alpha value is -1.80. The van der Waals surface area contributed by atoms with Crippen LogP contribution in [0.4, 0.5) is 5.69 Å². The second kappa shape index (κ2) is 9.80. The number of carbonyl (C=O) groups excluding carboxylic acids is 1. The van der Waals surface area contributed by atoms with Gasteiger partial charge in [-0.2, -0.15) is 4.31 Å². The number of halogens is 2. The molecule has 0 aliphatic rings. The van der Waals surface area contributed by atoms with Crippen LogP contribution in [0.25, 0.3) is 0 Å². The van der Waals surface area contributed by atoms with Crippen molar-refractivity contribution in [1.82, 2.24) is 4.31 Å². The summed E-state index contributed by atoms with van der Waals surface area (Å²) < 4.78 is 32.5. The minimum Gasteiger partial charge on any atom is -0.479 e. The number of aryl methyl sites for hydroxylation is 1. The lowest BCUT2D eigenvalue weighted by Crippen LogP contribution is -2.32. The molecule has 2 aromatic carbocycles. The van der Waals surface area contributed by atoms with Gasteiger partial charge in [0, 0.05) is 23.8 Å². The number of nitrogens with one attached hydrogen (secondary N) is 1. The third-order valence-electron chi connectivity index (χ3n) is 4.38. The van der Waals surface area contributed by atoms with Crippen molar-refractivity contribution >= 4 is 44.8 Å². The molecule has 1 amide bonds. The number of hydrogen-bond acceptors (Lipinski definition) is 4. The summed E-state index contributed by atoms with van der Waals surface area (Å²) in [5, 5.41) is 3.48. The maximum atomic E-state index is 12.7. The van der Waals surface area contributed by atoms with Gasteiger partial charge in [-0.1, -0.05) is 43.1 Å². The smallest absolute Gasteiger partial charge is 0.265 e. The first-order chi connectivity index (χ1) is 13.6. The molecule has 0 saturated heterocycles. The zero-order valence-corrected chi connectivity index (χ0v) is 19.0. The highest BCUT2D eigenvalue weighted by atomic mass is 35.5. The van der Waals surface area contributed by atoms with Crippen LogP contribution in [0.5, 0.6) is 5.75 Å². The third-order valence-corrected chi connectivity index (χ3v) is 6.95. The molecule has 0 aromatic heterocycles. The molecule has 0 fully saturated rings. The van der Waals surface area contributed by atoms with E-state index in [1.165, 1.54) is 22.5 Å². The van der Waals surface area contributed by atoms with E-state index >= 15 is 0 Å². The highest BCUT2D eigenvalue weighted by molar-refractivity contribution is 7.89. The summed E-state index contributed by atoms with van der Waals surface area (Å²) in [5.41, 5.74) is 1.13. The van der Waals surface area contributed by atoms with E-state index in [0.717, 1.165) is 5.56 Å². The highest BCUT2D eigenvalue weighted by Gasteiger charge is 2.23. The van der Waals surface area contributed by atoms with Crippen molar-refractivity contribution in [3.8, 4) is 5.75 Å². The lowest BCUT2D eigenvalue weighted by atomic mass is 10.2. The molecular weight excluding hydrogens is 435 g/mol. The topological polar surface area (TPSA) is 75.7 Å². The van der Waals surface area contributed by atoms with E-state index in [9.17, 15) is 13.2 Å². The first-order valence-electron chi connectivity index (χ1n) is 9.13. The molecule has 0 heterocycles. The number of anilines is 1. The molecule has 0 aliphatic carbocycles. The Morgan fingerprint density at radius 1 is 1.14 bits per heavy atom. The normalized spacial score (nSPS) is 12.7. The molecule has 1 N–H and O–H groups in total. The molecule has 1 unspecified atom stereocenters. The van der Waals surface area contributed by atoms with Crippen LogP contribution in [-0.2, 0) is 14.8 Å². The van der Waals surface area contributed by atoms with Crippen molar-refractivity contribution in [2.45, 2.75) is 38.7 Å². The SMILES string of the molecule is CCN(CC)S(=O)(=O)c1ccc(C)c(NC(=O)C(C)Oc2ccc(Cl)cc2Cl)c1. The van der Waals surface area contributed by atoms with Crippen LogP contribution in [0.1, 0.15) is 26.3 Å². The molecule has 0 spiro atoms. The molecule has 0 bridgehead atoms. The van der Waals surface area contributed by atoms with Gasteiger partial charge in [0.05, 0.1) is 9.92 Å². The molecule has 29 heavy (non-hydrogen) atoms. The summed E-state index contributed by atoms with van der Waals surface area (Å²) in [5.74, 6) is -0.107. The van der Waals surface area contributed by atoms with Crippen LogP contribution in [0.15, 0.2) is 41.3 Å². The van der Waals surface area contributed by atoms with Gasteiger partial charge in [-0.15, -0.1) is 0 Å². The Kier molecular flexibility index (Phi) is 7.94. The zero-order chi connectivity index (χ0) is 21.8. The molecule has 2 aromatic rings. The van der Waals surface area contributed by atoms with Gasteiger partial charge in [-0.3, -0.25) is 4.79 Å². The first-order valence-corrected chi connectivity index (χ1v) is 11.3. The predicted octanol–water partition coefficient (Wildman–Crippen LogP) is 4.74. The van der Waals surface area contributed by atoms with Gasteiger partial charge in [-0.25, -0.2) is 8.42 Å². The highest BCUT2D eigenvalue weighted by Crippen LogP contribution is 2.29. The molecule has 6 nitrogen and oxygen atoms in total. The standard InChI is InChI=1S/C20H24Cl2N2O4S/c1-5-24(6-2)29(26,27)16-9-7-13(3)18(12-16)23-20(25)14(4)28-19-10-8-15(21)11-17(19)22/h7-12,14H,5-6H2,1-4H3,(H,23,25). The average Bonchev–Trinajstić information content (AvgIpc) is 2.66. The maximum Gasteiger partial charge on any atom is 0.265 e. The second-order valence-corrected chi connectivity index (χ2v) is 9.17. The van der Waals surface area contributed by atoms with Crippen molar-refractivity contribution in [2.75, 3.05) is 18.4 Å². The van der Waals surface area contributed by atoms with Gasteiger partial charge < -0.3 is 10.1 Å². The maximum absolute atomic E-state index is 12.7. The minimum absolute atomic E-state index is 0.122. The predicted molar refractivity (Wildman–Crippen MR) is 116 cm³/mol. The monoisotopic (exact) mass is 458 g/mol. The van der Waals surface area contributed by atoms with Crippen molar-refractivity contribution in [3.05, 3.63) is 52.0 Å². The molecule has 2 rings (SSSR count). The van der Waals surface area contributed by atoms with E-state index in [2.05, 4.69) is 5.32 Å². The fourth-order valence-electron chi connectivity index (χ4n) is 2.66. The van der Waals surface area contributed by atoms with Crippen LogP contribution in [0.3, 0.4) is 0 Å². The zero-order valence-electron chi connectivity index (χ0n) is 16.7. The molecule has 158 valence electrons. The van der Waals surface area contributed by atoms with Gasteiger partial charge in [-0.05, 0) is 49.7 Å². The summed E-state index contributed by atoms with van der Waals surface area (Å²) in [6.45, 7) is 7.64. The summed E-state index contributed by atoms with van der Waals surface area (Å²) in [4.78, 5) is 12.7. The third kappa shape index (κ3) is 5.63. The molecule has 0 saturated carbocycles. The molecule has 1 atom stereocenters. The summed E-state index contributed by atoms with van der Waals surface area (Å²) in [6.07, 6.45) is -0.865. The van der Waals surface area contributed by atoms with Crippen molar-refractivity contribution in [2.24, 2.45) is 0 Å². The number of nitrogens with zero attached hydrogens (tertiary/aromatic N) is 1. The Bertz CT molecular complexity index is 992. The Morgan fingerprint density at radius 3 is 2.38 bits per heavy atom. The number of benzene rings is 2. The number of carbonyl (C=O) groups is 1. The van der Waals surface area contributed by atoms with Crippen LogP contribution in [-0.4, -0.2) is 37.8 Å². The second-order valence-electron chi connectivity index (χ2n) is 6.39. The number of ether oxygens (including phenoxy) is 1. The molecule has 0 aliphatic heterocycles. The van der Waals surface area contributed by atoms with E-state index < -0.39 is 22.0 Å². The Labute approximate surface area is 181 Å². The summed E-state index contributed by atoms with van der Waals surface area (Å²) >= 11 is 11.9. The van der Waals surface area contributed by atoms with Gasteiger partial charge >= 0.3 is 0 Å². The number of rotatable bonds is 8. The number of hydrogen-bond donors (Lipinski definition) is 1. The Balaban J connectivity index is 2.21. The molecular formula is C20H24Cl2N2O4S. The fraction of sp³-hybridized carbons (Fsp3) is 0.350. The van der Waals surface area contributed by atoms with Crippen LogP contribution in [0.2, 0.25) is 10.0 Å². The van der Waals surface area contributed by atoms with E-state index in [1.807, 2.05) is 0 Å². The van der Waals surface area contributed by atoms with Gasteiger partial charge in [0.15, 0.2) is 6.10 Å². The first kappa shape index (κ1) is 23.5. The van der Waals surface area contributed by atoms with E-state index in [-0.39, 0.29) is 4.90 Å². The fourth-order valence-corrected chi connectivity index (χ4v) is 4.60. The lowest BCUT2D eigenvalue weighted by Gasteiger charge is -2.20. The average molecular weight is 459 g/mol. The largest absolute Gasteiger partial charge is 0.479 e. The molecule has 0 radical (unpaired) electrons. The van der Waals surface area contributed by atoms with Crippen LogP contribution in [0, 0.1) is 6.92 Å². The van der Waals surface area contributed by atoms with Gasteiger partial charge in [0.1, 0.15) is 5.75 Å². The van der Waals surface area contributed by atoms with Crippen LogP contribution < -0.4 is 10.1 Å². The van der Waals surface area contributed by atoms with Gasteiger partial charge in [0.2, 0.25) is 10.0 Å². The van der Waals surface area contributed by atoms with Crippen molar-refractivity contribution < 1.29 is 17.9 Å².